The second-order valence-electron chi connectivity index (χ2n) is 4.94. The van der Waals surface area contributed by atoms with Gasteiger partial charge in [0.1, 0.15) is 5.75 Å². The molecule has 0 bridgehead atoms. The molecule has 0 amide bonds. The van der Waals surface area contributed by atoms with Gasteiger partial charge in [-0.05, 0) is 29.3 Å². The van der Waals surface area contributed by atoms with Gasteiger partial charge in [-0.3, -0.25) is 9.88 Å². The van der Waals surface area contributed by atoms with Crippen molar-refractivity contribution >= 4 is 11.6 Å². The number of hydrogen-bond donors (Lipinski definition) is 1. The molecule has 0 fully saturated rings. The highest BCUT2D eigenvalue weighted by Crippen LogP contribution is 2.27. The Kier molecular flexibility index (Phi) is 6.70. The lowest BCUT2D eigenvalue weighted by molar-refractivity contribution is -0.0498. The van der Waals surface area contributed by atoms with E-state index in [1.165, 1.54) is 6.07 Å². The van der Waals surface area contributed by atoms with Crippen LogP contribution in [0.2, 0.25) is 5.02 Å². The monoisotopic (exact) mass is 342 g/mol. The number of nitrogens with zero attached hydrogens (tertiary/aromatic N) is 2. The van der Waals surface area contributed by atoms with Gasteiger partial charge in [0.25, 0.3) is 0 Å². The number of benzene rings is 1. The number of alkyl halides is 2. The Bertz CT molecular complexity index is 614. The predicted octanol–water partition coefficient (Wildman–Crippen LogP) is 3.33. The number of halogens is 3. The van der Waals surface area contributed by atoms with Crippen molar-refractivity contribution in [3.63, 3.8) is 0 Å². The highest BCUT2D eigenvalue weighted by molar-refractivity contribution is 6.32. The first kappa shape index (κ1) is 17.6. The second kappa shape index (κ2) is 8.76. The maximum Gasteiger partial charge on any atom is 0.387 e. The van der Waals surface area contributed by atoms with Crippen molar-refractivity contribution in [1.29, 1.82) is 0 Å². The highest BCUT2D eigenvalue weighted by Gasteiger charge is 2.11. The third-order valence-corrected chi connectivity index (χ3v) is 3.46. The molecule has 2 aromatic rings. The number of hydrogen-bond acceptors (Lipinski definition) is 4. The number of aromatic nitrogens is 1. The zero-order valence-electron chi connectivity index (χ0n) is 12.3. The van der Waals surface area contributed by atoms with Crippen LogP contribution in [0.1, 0.15) is 11.1 Å². The van der Waals surface area contributed by atoms with E-state index in [2.05, 4.69) is 9.72 Å². The zero-order chi connectivity index (χ0) is 16.7. The molecule has 0 saturated carbocycles. The number of aliphatic hydroxyl groups excluding tert-OH is 1. The molecule has 7 heteroatoms. The molecule has 0 saturated heterocycles. The topological polar surface area (TPSA) is 45.6 Å². The molecule has 0 radical (unpaired) electrons. The number of rotatable bonds is 8. The van der Waals surface area contributed by atoms with Crippen LogP contribution < -0.4 is 4.74 Å². The van der Waals surface area contributed by atoms with Crippen LogP contribution in [0, 0.1) is 0 Å². The fourth-order valence-corrected chi connectivity index (χ4v) is 2.45. The summed E-state index contributed by atoms with van der Waals surface area (Å²) in [6, 6.07) is 8.48. The molecule has 0 atom stereocenters. The Morgan fingerprint density at radius 2 is 2.00 bits per heavy atom. The van der Waals surface area contributed by atoms with Gasteiger partial charge in [0, 0.05) is 32.0 Å². The van der Waals surface area contributed by atoms with Gasteiger partial charge >= 0.3 is 6.61 Å². The van der Waals surface area contributed by atoms with Gasteiger partial charge in [-0.15, -0.1) is 0 Å². The first-order chi connectivity index (χ1) is 11.1. The fraction of sp³-hybridized carbons (Fsp3) is 0.312. The van der Waals surface area contributed by atoms with Crippen molar-refractivity contribution < 1.29 is 18.6 Å². The van der Waals surface area contributed by atoms with Crippen LogP contribution in [0.25, 0.3) is 0 Å². The Labute approximate surface area is 138 Å². The summed E-state index contributed by atoms with van der Waals surface area (Å²) in [5.41, 5.74) is 1.86. The van der Waals surface area contributed by atoms with Crippen LogP contribution in [0.15, 0.2) is 42.7 Å². The molecule has 23 heavy (non-hydrogen) atoms. The van der Waals surface area contributed by atoms with E-state index in [1.54, 1.807) is 24.5 Å². The number of pyridine rings is 1. The molecule has 1 aromatic carbocycles. The normalized spacial score (nSPS) is 11.2. The van der Waals surface area contributed by atoms with Gasteiger partial charge in [-0.1, -0.05) is 23.7 Å². The van der Waals surface area contributed by atoms with Crippen LogP contribution in [0.3, 0.4) is 0 Å². The second-order valence-corrected chi connectivity index (χ2v) is 5.35. The Morgan fingerprint density at radius 3 is 2.61 bits per heavy atom. The quantitative estimate of drug-likeness (QED) is 0.799. The molecule has 2 rings (SSSR count). The third kappa shape index (κ3) is 5.74. The van der Waals surface area contributed by atoms with Crippen molar-refractivity contribution in [2.45, 2.75) is 19.7 Å². The summed E-state index contributed by atoms with van der Waals surface area (Å²) in [6.45, 7) is -1.29. The summed E-state index contributed by atoms with van der Waals surface area (Å²) >= 11 is 5.96. The fourth-order valence-electron chi connectivity index (χ4n) is 2.20. The Morgan fingerprint density at radius 1 is 1.22 bits per heavy atom. The maximum absolute atomic E-state index is 12.2. The average Bonchev–Trinajstić information content (AvgIpc) is 2.51. The summed E-state index contributed by atoms with van der Waals surface area (Å²) in [4.78, 5) is 6.07. The van der Waals surface area contributed by atoms with Crippen LogP contribution in [-0.4, -0.2) is 34.8 Å². The van der Waals surface area contributed by atoms with Crippen molar-refractivity contribution in [2.75, 3.05) is 13.2 Å². The van der Waals surface area contributed by atoms with E-state index in [9.17, 15) is 13.9 Å². The van der Waals surface area contributed by atoms with Crippen LogP contribution in [0.5, 0.6) is 5.75 Å². The van der Waals surface area contributed by atoms with Crippen molar-refractivity contribution in [2.24, 2.45) is 0 Å². The van der Waals surface area contributed by atoms with Crippen molar-refractivity contribution in [3.8, 4) is 5.75 Å². The molecule has 1 N–H and O–H groups in total. The largest absolute Gasteiger partial charge is 0.433 e. The third-order valence-electron chi connectivity index (χ3n) is 3.16. The predicted molar refractivity (Wildman–Crippen MR) is 83.5 cm³/mol. The molecular weight excluding hydrogens is 326 g/mol. The molecule has 4 nitrogen and oxygen atoms in total. The molecule has 1 aromatic heterocycles. The summed E-state index contributed by atoms with van der Waals surface area (Å²) in [7, 11) is 0. The standard InChI is InChI=1S/C16H17ClF2N2O2/c17-14-8-12(3-4-15(14)23-16(18)19)10-21(6-7-22)11-13-2-1-5-20-9-13/h1-5,8-9,16,22H,6-7,10-11H2. The molecule has 124 valence electrons. The van der Waals surface area contributed by atoms with E-state index >= 15 is 0 Å². The van der Waals surface area contributed by atoms with Gasteiger partial charge in [0.05, 0.1) is 11.6 Å². The highest BCUT2D eigenvalue weighted by atomic mass is 35.5. The molecule has 0 unspecified atom stereocenters. The van der Waals surface area contributed by atoms with Gasteiger partial charge in [0.2, 0.25) is 0 Å². The van der Waals surface area contributed by atoms with Gasteiger partial charge in [-0.25, -0.2) is 0 Å². The summed E-state index contributed by atoms with van der Waals surface area (Å²) in [6.07, 6.45) is 3.46. The first-order valence-corrected chi connectivity index (χ1v) is 7.41. The zero-order valence-corrected chi connectivity index (χ0v) is 13.1. The molecule has 0 aliphatic carbocycles. The summed E-state index contributed by atoms with van der Waals surface area (Å²) < 4.78 is 28.8. The number of ether oxygens (including phenoxy) is 1. The molecule has 0 spiro atoms. The molecule has 0 aliphatic rings. The van der Waals surface area contributed by atoms with E-state index < -0.39 is 6.61 Å². The molecule has 1 heterocycles. The SMILES string of the molecule is OCCN(Cc1cccnc1)Cc1ccc(OC(F)F)c(Cl)c1. The van der Waals surface area contributed by atoms with E-state index in [0.717, 1.165) is 11.1 Å². The van der Waals surface area contributed by atoms with Crippen LogP contribution in [-0.2, 0) is 13.1 Å². The minimum absolute atomic E-state index is 0.0145. The van der Waals surface area contributed by atoms with Gasteiger partial charge in [-0.2, -0.15) is 8.78 Å². The van der Waals surface area contributed by atoms with E-state index in [1.807, 2.05) is 17.0 Å². The van der Waals surface area contributed by atoms with E-state index in [4.69, 9.17) is 11.6 Å². The van der Waals surface area contributed by atoms with E-state index in [-0.39, 0.29) is 17.4 Å². The average molecular weight is 343 g/mol. The van der Waals surface area contributed by atoms with Crippen molar-refractivity contribution in [1.82, 2.24) is 9.88 Å². The lowest BCUT2D eigenvalue weighted by atomic mass is 10.2. The molecular formula is C16H17ClF2N2O2. The van der Waals surface area contributed by atoms with Gasteiger partial charge in [0.15, 0.2) is 0 Å². The lowest BCUT2D eigenvalue weighted by Crippen LogP contribution is -2.26. The minimum Gasteiger partial charge on any atom is -0.433 e. The maximum atomic E-state index is 12.2. The summed E-state index contributed by atoms with van der Waals surface area (Å²) in [5.74, 6) is -0.0496. The molecule has 0 aliphatic heterocycles. The lowest BCUT2D eigenvalue weighted by Gasteiger charge is -2.21. The van der Waals surface area contributed by atoms with Gasteiger partial charge < -0.3 is 9.84 Å². The van der Waals surface area contributed by atoms with Crippen molar-refractivity contribution in [3.05, 3.63) is 58.9 Å². The van der Waals surface area contributed by atoms with Crippen LogP contribution in [0.4, 0.5) is 8.78 Å². The van der Waals surface area contributed by atoms with Crippen LogP contribution >= 0.6 is 11.6 Å². The smallest absolute Gasteiger partial charge is 0.387 e. The number of aliphatic hydroxyl groups is 1. The minimum atomic E-state index is -2.91. The Hall–Kier alpha value is -1.76. The first-order valence-electron chi connectivity index (χ1n) is 7.04. The Balaban J connectivity index is 2.06. The van der Waals surface area contributed by atoms with E-state index in [0.29, 0.717) is 19.6 Å². The summed E-state index contributed by atoms with van der Waals surface area (Å²) in [5, 5.41) is 9.34.